The smallest absolute Gasteiger partial charge is 0.337 e. The zero-order valence-electron chi connectivity index (χ0n) is 22.3. The number of hydrogen-bond acceptors (Lipinski definition) is 7. The summed E-state index contributed by atoms with van der Waals surface area (Å²) in [4.78, 5) is 21.8. The highest BCUT2D eigenvalue weighted by Gasteiger charge is 2.30. The Morgan fingerprint density at radius 2 is 1.85 bits per heavy atom. The van der Waals surface area contributed by atoms with E-state index in [1.807, 2.05) is 50.5 Å². The number of ether oxygens (including phenoxy) is 2. The van der Waals surface area contributed by atoms with Crippen molar-refractivity contribution in [3.8, 4) is 22.3 Å². The van der Waals surface area contributed by atoms with E-state index in [1.165, 1.54) is 7.11 Å². The van der Waals surface area contributed by atoms with E-state index in [9.17, 15) is 4.79 Å². The van der Waals surface area contributed by atoms with E-state index >= 15 is 0 Å². The standard InChI is InChI=1S/C31H30N4O4/c1-19-28(20(2)39-34-19)24-16-27-29(33-17-24)25(21-7-9-23(10-8-21)31(36)37-3)18-35(27)30(22-11-14-38-15-12-22)26-6-4-5-13-32-26/h4-10,13,16-18,22,30H,11-12,14-15H2,1-3H3. The number of nitrogens with zero attached hydrogens (tertiary/aromatic N) is 4. The van der Waals surface area contributed by atoms with Crippen LogP contribution in [0, 0.1) is 19.8 Å². The molecule has 0 amide bonds. The van der Waals surface area contributed by atoms with Crippen LogP contribution in [-0.4, -0.2) is 46.0 Å². The topological polar surface area (TPSA) is 92.3 Å². The first kappa shape index (κ1) is 25.0. The number of carbonyl (C=O) groups excluding carboxylic acids is 1. The molecule has 0 radical (unpaired) electrons. The molecule has 1 aromatic carbocycles. The van der Waals surface area contributed by atoms with E-state index in [0.29, 0.717) is 11.5 Å². The van der Waals surface area contributed by atoms with Crippen molar-refractivity contribution < 1.29 is 18.8 Å². The second-order valence-corrected chi connectivity index (χ2v) is 9.96. The Morgan fingerprint density at radius 1 is 1.05 bits per heavy atom. The SMILES string of the molecule is COC(=O)c1ccc(-c2cn(C(c3ccccn3)C3CCOCC3)c3cc(-c4c(C)noc4C)cnc23)cc1. The summed E-state index contributed by atoms with van der Waals surface area (Å²) in [6.07, 6.45) is 7.81. The Hall–Kier alpha value is -4.30. The molecule has 198 valence electrons. The van der Waals surface area contributed by atoms with Crippen LogP contribution in [0.5, 0.6) is 0 Å². The molecule has 0 N–H and O–H groups in total. The second-order valence-electron chi connectivity index (χ2n) is 9.96. The summed E-state index contributed by atoms with van der Waals surface area (Å²) in [7, 11) is 1.39. The van der Waals surface area contributed by atoms with Gasteiger partial charge in [0.25, 0.3) is 0 Å². The molecular weight excluding hydrogens is 492 g/mol. The highest BCUT2D eigenvalue weighted by molar-refractivity contribution is 5.96. The molecule has 1 atom stereocenters. The van der Waals surface area contributed by atoms with E-state index in [0.717, 1.165) is 76.5 Å². The summed E-state index contributed by atoms with van der Waals surface area (Å²) in [6.45, 7) is 5.34. The number of benzene rings is 1. The fraction of sp³-hybridized carbons (Fsp3) is 0.290. The number of pyridine rings is 2. The van der Waals surface area contributed by atoms with Gasteiger partial charge in [-0.25, -0.2) is 4.79 Å². The van der Waals surface area contributed by atoms with Gasteiger partial charge in [-0.05, 0) is 68.5 Å². The average molecular weight is 523 g/mol. The van der Waals surface area contributed by atoms with Crippen LogP contribution >= 0.6 is 0 Å². The van der Waals surface area contributed by atoms with Crippen molar-refractivity contribution in [2.75, 3.05) is 20.3 Å². The Bertz CT molecular complexity index is 1600. The fourth-order valence-corrected chi connectivity index (χ4v) is 5.70. The predicted molar refractivity (Wildman–Crippen MR) is 147 cm³/mol. The first-order chi connectivity index (χ1) is 19.0. The molecular formula is C31H30N4O4. The third kappa shape index (κ3) is 4.61. The molecule has 8 heteroatoms. The minimum atomic E-state index is -0.360. The number of aryl methyl sites for hydroxylation is 2. The monoisotopic (exact) mass is 522 g/mol. The molecule has 1 saturated heterocycles. The summed E-state index contributed by atoms with van der Waals surface area (Å²) >= 11 is 0. The minimum absolute atomic E-state index is 0.00223. The molecule has 0 spiro atoms. The van der Waals surface area contributed by atoms with Crippen LogP contribution in [0.3, 0.4) is 0 Å². The third-order valence-corrected chi connectivity index (χ3v) is 7.61. The van der Waals surface area contributed by atoms with Gasteiger partial charge < -0.3 is 18.6 Å². The van der Waals surface area contributed by atoms with E-state index in [-0.39, 0.29) is 12.0 Å². The Labute approximate surface area is 226 Å². The zero-order valence-corrected chi connectivity index (χ0v) is 22.3. The minimum Gasteiger partial charge on any atom is -0.465 e. The number of methoxy groups -OCH3 is 1. The first-order valence-electron chi connectivity index (χ1n) is 13.2. The van der Waals surface area contributed by atoms with E-state index in [4.69, 9.17) is 24.0 Å². The summed E-state index contributed by atoms with van der Waals surface area (Å²) in [6, 6.07) is 15.7. The van der Waals surface area contributed by atoms with Gasteiger partial charge in [0.15, 0.2) is 0 Å². The van der Waals surface area contributed by atoms with Crippen molar-refractivity contribution in [3.05, 3.63) is 89.8 Å². The van der Waals surface area contributed by atoms with Gasteiger partial charge in [-0.1, -0.05) is 23.4 Å². The predicted octanol–water partition coefficient (Wildman–Crippen LogP) is 6.17. The van der Waals surface area contributed by atoms with Crippen LogP contribution in [-0.2, 0) is 9.47 Å². The number of fused-ring (bicyclic) bond motifs is 1. The summed E-state index contributed by atoms with van der Waals surface area (Å²) in [5, 5.41) is 4.16. The largest absolute Gasteiger partial charge is 0.465 e. The number of esters is 1. The lowest BCUT2D eigenvalue weighted by Crippen LogP contribution is -2.27. The lowest BCUT2D eigenvalue weighted by molar-refractivity contribution is 0.0543. The number of carbonyl (C=O) groups is 1. The van der Waals surface area contributed by atoms with Gasteiger partial charge in [0.1, 0.15) is 5.76 Å². The van der Waals surface area contributed by atoms with Gasteiger partial charge in [0.05, 0.1) is 41.1 Å². The normalized spacial score (nSPS) is 14.9. The molecule has 0 saturated carbocycles. The number of rotatable bonds is 6. The summed E-state index contributed by atoms with van der Waals surface area (Å²) in [5.74, 6) is 0.749. The molecule has 1 fully saturated rings. The van der Waals surface area contributed by atoms with Crippen molar-refractivity contribution in [2.45, 2.75) is 32.7 Å². The molecule has 1 aliphatic rings. The van der Waals surface area contributed by atoms with Gasteiger partial charge in [0, 0.05) is 48.5 Å². The van der Waals surface area contributed by atoms with Gasteiger partial charge in [-0.2, -0.15) is 0 Å². The zero-order chi connectivity index (χ0) is 26.9. The van der Waals surface area contributed by atoms with Crippen molar-refractivity contribution in [2.24, 2.45) is 5.92 Å². The highest BCUT2D eigenvalue weighted by Crippen LogP contribution is 2.40. The molecule has 1 unspecified atom stereocenters. The molecule has 5 heterocycles. The summed E-state index contributed by atoms with van der Waals surface area (Å²) < 4.78 is 18.4. The third-order valence-electron chi connectivity index (χ3n) is 7.61. The van der Waals surface area contributed by atoms with Gasteiger partial charge >= 0.3 is 5.97 Å². The van der Waals surface area contributed by atoms with Crippen LogP contribution in [0.15, 0.2) is 71.6 Å². The van der Waals surface area contributed by atoms with Crippen LogP contribution in [0.1, 0.15) is 46.4 Å². The van der Waals surface area contributed by atoms with Gasteiger partial charge in [-0.3, -0.25) is 9.97 Å². The number of aromatic nitrogens is 4. The lowest BCUT2D eigenvalue weighted by atomic mass is 9.89. The molecule has 6 rings (SSSR count). The maximum absolute atomic E-state index is 12.0. The fourth-order valence-electron chi connectivity index (χ4n) is 5.70. The van der Waals surface area contributed by atoms with Gasteiger partial charge in [-0.15, -0.1) is 0 Å². The van der Waals surface area contributed by atoms with E-state index in [1.54, 1.807) is 12.1 Å². The first-order valence-corrected chi connectivity index (χ1v) is 13.2. The summed E-state index contributed by atoms with van der Waals surface area (Å²) in [5.41, 5.74) is 8.10. The van der Waals surface area contributed by atoms with Crippen LogP contribution in [0.4, 0.5) is 0 Å². The average Bonchev–Trinajstić information content (AvgIpc) is 3.52. The quantitative estimate of drug-likeness (QED) is 0.246. The molecule has 1 aliphatic heterocycles. The van der Waals surface area contributed by atoms with E-state index in [2.05, 4.69) is 28.1 Å². The molecule has 0 aliphatic carbocycles. The Balaban J connectivity index is 1.57. The Morgan fingerprint density at radius 3 is 2.51 bits per heavy atom. The molecule has 8 nitrogen and oxygen atoms in total. The number of hydrogen-bond donors (Lipinski definition) is 0. The van der Waals surface area contributed by atoms with Crippen molar-refractivity contribution in [1.29, 1.82) is 0 Å². The van der Waals surface area contributed by atoms with E-state index < -0.39 is 0 Å². The highest BCUT2D eigenvalue weighted by atomic mass is 16.5. The van der Waals surface area contributed by atoms with Crippen molar-refractivity contribution in [3.63, 3.8) is 0 Å². The van der Waals surface area contributed by atoms with Gasteiger partial charge in [0.2, 0.25) is 0 Å². The molecule has 4 aromatic heterocycles. The van der Waals surface area contributed by atoms with Crippen LogP contribution < -0.4 is 0 Å². The molecule has 0 bridgehead atoms. The van der Waals surface area contributed by atoms with Crippen LogP contribution in [0.2, 0.25) is 0 Å². The maximum atomic E-state index is 12.0. The lowest BCUT2D eigenvalue weighted by Gasteiger charge is -2.31. The maximum Gasteiger partial charge on any atom is 0.337 e. The Kier molecular flexibility index (Phi) is 6.70. The molecule has 5 aromatic rings. The van der Waals surface area contributed by atoms with Crippen molar-refractivity contribution >= 4 is 17.0 Å². The molecule has 39 heavy (non-hydrogen) atoms. The van der Waals surface area contributed by atoms with Crippen LogP contribution in [0.25, 0.3) is 33.3 Å². The second kappa shape index (κ2) is 10.5. The van der Waals surface area contributed by atoms with Crippen molar-refractivity contribution in [1.82, 2.24) is 19.7 Å².